The van der Waals surface area contributed by atoms with Crippen LogP contribution in [0.15, 0.2) is 18.3 Å². The summed E-state index contributed by atoms with van der Waals surface area (Å²) in [6.07, 6.45) is -3.51. The lowest BCUT2D eigenvalue weighted by Gasteiger charge is -2.29. The largest absolute Gasteiger partial charge is 0.395 e. The number of hydrogen-bond donors (Lipinski definition) is 2. The second-order valence-electron chi connectivity index (χ2n) is 9.08. The summed E-state index contributed by atoms with van der Waals surface area (Å²) in [5.74, 6) is -5.26. The van der Waals surface area contributed by atoms with E-state index in [0.717, 1.165) is 17.4 Å². The van der Waals surface area contributed by atoms with Crippen molar-refractivity contribution in [1.82, 2.24) is 15.2 Å². The summed E-state index contributed by atoms with van der Waals surface area (Å²) in [6, 6.07) is 1.85. The van der Waals surface area contributed by atoms with Gasteiger partial charge in [-0.05, 0) is 51.9 Å². The molecule has 12 heteroatoms. The fraction of sp³-hybridized carbons (Fsp3) is 0.522. The summed E-state index contributed by atoms with van der Waals surface area (Å²) < 4.78 is 70.2. The lowest BCUT2D eigenvalue weighted by Crippen LogP contribution is -2.43. The van der Waals surface area contributed by atoms with Gasteiger partial charge in [0.2, 0.25) is 5.91 Å². The van der Waals surface area contributed by atoms with E-state index in [1.165, 1.54) is 12.3 Å². The molecule has 1 aliphatic carbocycles. The van der Waals surface area contributed by atoms with Gasteiger partial charge in [0.1, 0.15) is 0 Å². The molecule has 6 nitrogen and oxygen atoms in total. The molecule has 1 aliphatic rings. The zero-order chi connectivity index (χ0) is 26.1. The highest BCUT2D eigenvalue weighted by atomic mass is 32.1. The summed E-state index contributed by atoms with van der Waals surface area (Å²) >= 11 is 1.15. The van der Waals surface area contributed by atoms with E-state index in [2.05, 4.69) is 10.3 Å². The van der Waals surface area contributed by atoms with Gasteiger partial charge in [0.05, 0.1) is 16.0 Å². The highest BCUT2D eigenvalue weighted by Crippen LogP contribution is 2.66. The number of carbonyl (C=O) groups excluding carboxylic acids is 2. The first kappa shape index (κ1) is 27.0. The van der Waals surface area contributed by atoms with Gasteiger partial charge in [-0.3, -0.25) is 9.59 Å². The van der Waals surface area contributed by atoms with Crippen LogP contribution in [0.1, 0.15) is 51.0 Å². The van der Waals surface area contributed by atoms with E-state index in [-0.39, 0.29) is 37.8 Å². The van der Waals surface area contributed by atoms with Crippen LogP contribution in [0.25, 0.3) is 0 Å². The summed E-state index contributed by atoms with van der Waals surface area (Å²) in [6.45, 7) is 1.69. The smallest absolute Gasteiger partial charge is 0.366 e. The summed E-state index contributed by atoms with van der Waals surface area (Å²) in [4.78, 5) is 30.1. The van der Waals surface area contributed by atoms with Gasteiger partial charge >= 0.3 is 6.18 Å². The molecule has 192 valence electrons. The monoisotopic (exact) mass is 518 g/mol. The van der Waals surface area contributed by atoms with Gasteiger partial charge in [0, 0.05) is 36.0 Å². The first-order valence-electron chi connectivity index (χ1n) is 11.0. The summed E-state index contributed by atoms with van der Waals surface area (Å²) in [5, 5.41) is 3.27. The molecule has 1 aromatic heterocycles. The Morgan fingerprint density at radius 3 is 2.37 bits per heavy atom. The van der Waals surface area contributed by atoms with E-state index in [0.29, 0.717) is 9.88 Å². The van der Waals surface area contributed by atoms with E-state index >= 15 is 0 Å². The Kier molecular flexibility index (Phi) is 7.85. The Bertz CT molecular complexity index is 1100. The van der Waals surface area contributed by atoms with Crippen molar-refractivity contribution in [2.45, 2.75) is 50.7 Å². The Labute approximate surface area is 203 Å². The van der Waals surface area contributed by atoms with Crippen LogP contribution in [0, 0.1) is 24.0 Å². The first-order chi connectivity index (χ1) is 16.3. The van der Waals surface area contributed by atoms with E-state index in [9.17, 15) is 31.5 Å². The maximum absolute atomic E-state index is 14.5. The third kappa shape index (κ3) is 5.80. The minimum Gasteiger partial charge on any atom is -0.366 e. The van der Waals surface area contributed by atoms with Crippen molar-refractivity contribution in [3.05, 3.63) is 51.0 Å². The number of amides is 2. The van der Waals surface area contributed by atoms with E-state index in [1.54, 1.807) is 25.9 Å². The number of thiazole rings is 1. The fourth-order valence-electron chi connectivity index (χ4n) is 4.19. The summed E-state index contributed by atoms with van der Waals surface area (Å²) in [7, 11) is 3.35. The second-order valence-corrected chi connectivity index (χ2v) is 10.3. The molecule has 35 heavy (non-hydrogen) atoms. The molecule has 1 saturated carbocycles. The molecular formula is C23H27F5N4O2S. The quantitative estimate of drug-likeness (QED) is 0.467. The van der Waals surface area contributed by atoms with Crippen molar-refractivity contribution in [1.29, 1.82) is 0 Å². The molecule has 2 atom stereocenters. The van der Waals surface area contributed by atoms with Crippen LogP contribution in [-0.4, -0.2) is 54.6 Å². The van der Waals surface area contributed by atoms with Gasteiger partial charge in [0.15, 0.2) is 11.6 Å². The molecule has 2 amide bonds. The maximum Gasteiger partial charge on any atom is 0.395 e. The predicted octanol–water partition coefficient (Wildman–Crippen LogP) is 3.93. The standard InChI is InChI=1S/C23H27F5N4O2S/c1-12-30-11-17(35-12)16(22(6-7-22)23(26,27)28)9-18(33)31-10-14(32(2)3)8-13-4-5-15(21(29)34)20(25)19(13)24/h4-5,11,14,16H,6-10H2,1-3H3,(H2,29,34)(H,31,33)/t14-,16-/m0/s1. The normalized spacial score (nSPS) is 16.7. The van der Waals surface area contributed by atoms with Gasteiger partial charge in [0.25, 0.3) is 5.91 Å². The zero-order valence-corrected chi connectivity index (χ0v) is 20.3. The van der Waals surface area contributed by atoms with Gasteiger partial charge in [-0.25, -0.2) is 13.8 Å². The predicted molar refractivity (Wildman–Crippen MR) is 121 cm³/mol. The minimum absolute atomic E-state index is 0.00206. The highest BCUT2D eigenvalue weighted by molar-refractivity contribution is 7.11. The van der Waals surface area contributed by atoms with Gasteiger partial charge < -0.3 is 16.0 Å². The van der Waals surface area contributed by atoms with Crippen LogP contribution >= 0.6 is 11.3 Å². The number of nitrogens with zero attached hydrogens (tertiary/aromatic N) is 2. The molecule has 0 radical (unpaired) electrons. The number of rotatable bonds is 10. The number of aryl methyl sites for hydroxylation is 1. The number of hydrogen-bond acceptors (Lipinski definition) is 5. The number of halogens is 5. The highest BCUT2D eigenvalue weighted by Gasteiger charge is 2.67. The molecule has 0 aliphatic heterocycles. The van der Waals surface area contributed by atoms with Crippen LogP contribution in [0.3, 0.4) is 0 Å². The van der Waals surface area contributed by atoms with E-state index in [1.807, 2.05) is 0 Å². The van der Waals surface area contributed by atoms with Crippen molar-refractivity contribution >= 4 is 23.2 Å². The maximum atomic E-state index is 14.5. The SMILES string of the molecule is Cc1ncc([C@H](CC(=O)NC[C@H](Cc2ccc(C(N)=O)c(F)c2F)N(C)C)C2(C(F)(F)F)CC2)s1. The molecule has 0 spiro atoms. The molecule has 0 saturated heterocycles. The number of aromatic nitrogens is 1. The van der Waals surface area contributed by atoms with E-state index in [4.69, 9.17) is 5.73 Å². The molecule has 1 aromatic carbocycles. The van der Waals surface area contributed by atoms with Crippen molar-refractivity contribution in [2.24, 2.45) is 11.1 Å². The lowest BCUT2D eigenvalue weighted by atomic mass is 9.84. The van der Waals surface area contributed by atoms with Gasteiger partial charge in [-0.15, -0.1) is 11.3 Å². The average molecular weight is 519 g/mol. The molecule has 1 heterocycles. The number of benzene rings is 1. The Hall–Kier alpha value is -2.60. The fourth-order valence-corrected chi connectivity index (χ4v) is 5.19. The molecule has 0 bridgehead atoms. The Morgan fingerprint density at radius 1 is 1.23 bits per heavy atom. The molecule has 1 fully saturated rings. The third-order valence-electron chi connectivity index (χ3n) is 6.54. The van der Waals surface area contributed by atoms with Crippen LogP contribution in [0.2, 0.25) is 0 Å². The number of likely N-dealkylation sites (N-methyl/N-ethyl adjacent to an activating group) is 1. The zero-order valence-electron chi connectivity index (χ0n) is 19.5. The van der Waals surface area contributed by atoms with Crippen LogP contribution in [-0.2, 0) is 11.2 Å². The van der Waals surface area contributed by atoms with Crippen molar-refractivity contribution < 1.29 is 31.5 Å². The lowest BCUT2D eigenvalue weighted by molar-refractivity contribution is -0.194. The number of nitrogens with one attached hydrogen (secondary N) is 1. The third-order valence-corrected chi connectivity index (χ3v) is 7.57. The Morgan fingerprint density at radius 2 is 1.89 bits per heavy atom. The molecule has 2 aromatic rings. The number of carbonyl (C=O) groups is 2. The van der Waals surface area contributed by atoms with Crippen LogP contribution in [0.4, 0.5) is 22.0 Å². The second kappa shape index (κ2) is 10.2. The molecule has 3 N–H and O–H groups in total. The van der Waals surface area contributed by atoms with Crippen LogP contribution < -0.4 is 11.1 Å². The molecule has 3 rings (SSSR count). The van der Waals surface area contributed by atoms with Crippen molar-refractivity contribution in [3.8, 4) is 0 Å². The molecular weight excluding hydrogens is 491 g/mol. The van der Waals surface area contributed by atoms with E-state index < -0.39 is 52.6 Å². The first-order valence-corrected chi connectivity index (χ1v) is 11.8. The minimum atomic E-state index is -4.44. The van der Waals surface area contributed by atoms with Gasteiger partial charge in [-0.2, -0.15) is 13.2 Å². The molecule has 0 unspecified atom stereocenters. The average Bonchev–Trinajstić information content (AvgIpc) is 3.47. The van der Waals surface area contributed by atoms with Crippen molar-refractivity contribution in [2.75, 3.05) is 20.6 Å². The van der Waals surface area contributed by atoms with Crippen molar-refractivity contribution in [3.63, 3.8) is 0 Å². The van der Waals surface area contributed by atoms with Crippen LogP contribution in [0.5, 0.6) is 0 Å². The number of primary amides is 1. The summed E-state index contributed by atoms with van der Waals surface area (Å²) in [5.41, 5.74) is 2.51. The van der Waals surface area contributed by atoms with Gasteiger partial charge in [-0.1, -0.05) is 6.07 Å². The number of alkyl halides is 3. The number of nitrogens with two attached hydrogens (primary N) is 1. The Balaban J connectivity index is 1.71. The topological polar surface area (TPSA) is 88.3 Å².